The molecule has 0 radical (unpaired) electrons. The Morgan fingerprint density at radius 1 is 1.18 bits per heavy atom. The molecule has 0 bridgehead atoms. The fourth-order valence-electron chi connectivity index (χ4n) is 4.15. The van der Waals surface area contributed by atoms with E-state index in [2.05, 4.69) is 15.3 Å². The Bertz CT molecular complexity index is 1250. The number of rotatable bonds is 6. The molecular weight excluding hydrogens is 463 g/mol. The molecule has 1 fully saturated rings. The molecule has 2 amide bonds. The Hall–Kier alpha value is -3.00. The summed E-state index contributed by atoms with van der Waals surface area (Å²) in [6.45, 7) is 0.211. The highest BCUT2D eigenvalue weighted by Gasteiger charge is 2.49. The van der Waals surface area contributed by atoms with Crippen molar-refractivity contribution in [3.63, 3.8) is 0 Å². The van der Waals surface area contributed by atoms with E-state index in [-0.39, 0.29) is 23.6 Å². The number of fused-ring (bicyclic) bond motifs is 1. The third-order valence-electron chi connectivity index (χ3n) is 6.05. The number of hydrogen-bond acceptors (Lipinski definition) is 5. The number of aromatic nitrogens is 2. The highest BCUT2D eigenvalue weighted by Crippen LogP contribution is 2.45. The second-order valence-electron chi connectivity index (χ2n) is 8.38. The Kier molecular flexibility index (Phi) is 5.56. The van der Waals surface area contributed by atoms with Crippen LogP contribution in [0.1, 0.15) is 40.4 Å². The number of benzene rings is 2. The molecule has 9 heteroatoms. The van der Waals surface area contributed by atoms with E-state index in [9.17, 15) is 14.7 Å². The van der Waals surface area contributed by atoms with Gasteiger partial charge in [0, 0.05) is 17.7 Å². The van der Waals surface area contributed by atoms with Crippen molar-refractivity contribution < 1.29 is 14.7 Å². The first kappa shape index (κ1) is 21.8. The number of carbonyl (C=O) groups excluding carboxylic acids is 2. The molecule has 1 aliphatic heterocycles. The van der Waals surface area contributed by atoms with Gasteiger partial charge in [0.1, 0.15) is 6.54 Å². The topological polar surface area (TPSA) is 95.4 Å². The molecule has 1 aliphatic carbocycles. The molecule has 0 spiro atoms. The molecule has 168 valence electrons. The summed E-state index contributed by atoms with van der Waals surface area (Å²) in [4.78, 5) is 35.4. The van der Waals surface area contributed by atoms with Gasteiger partial charge in [-0.15, -0.1) is 0 Å². The van der Waals surface area contributed by atoms with Crippen molar-refractivity contribution in [2.75, 3.05) is 6.54 Å². The number of nitrogens with zero attached hydrogens (tertiary/aromatic N) is 3. The lowest BCUT2D eigenvalue weighted by Gasteiger charge is -2.25. The van der Waals surface area contributed by atoms with Crippen LogP contribution in [0.15, 0.2) is 54.7 Å². The number of amides is 2. The summed E-state index contributed by atoms with van der Waals surface area (Å²) in [5, 5.41) is 14.0. The number of hydrogen-bond donors (Lipinski definition) is 2. The summed E-state index contributed by atoms with van der Waals surface area (Å²) < 4.78 is 0. The molecule has 5 rings (SSSR count). The Morgan fingerprint density at radius 2 is 1.94 bits per heavy atom. The average molecular weight is 483 g/mol. The van der Waals surface area contributed by atoms with Crippen molar-refractivity contribution in [1.29, 1.82) is 0 Å². The molecule has 1 unspecified atom stereocenters. The lowest BCUT2D eigenvalue weighted by atomic mass is 9.99. The maximum atomic E-state index is 13.0. The van der Waals surface area contributed by atoms with E-state index in [4.69, 9.17) is 23.2 Å². The van der Waals surface area contributed by atoms with E-state index in [0.29, 0.717) is 41.2 Å². The van der Waals surface area contributed by atoms with Crippen LogP contribution >= 0.6 is 23.2 Å². The SMILES string of the molecule is O=C(CN1Cc2ccc(-c3nc(Cl)ncc3Cl)cc2C1=O)NC(c1ccccc1)C1(O)CC1. The van der Waals surface area contributed by atoms with Gasteiger partial charge in [0.05, 0.1) is 28.6 Å². The van der Waals surface area contributed by atoms with E-state index >= 15 is 0 Å². The fourth-order valence-corrected chi connectivity index (χ4v) is 4.49. The van der Waals surface area contributed by atoms with Gasteiger partial charge in [-0.05, 0) is 41.6 Å². The number of halogens is 2. The fraction of sp³-hybridized carbons (Fsp3) is 0.250. The van der Waals surface area contributed by atoms with Crippen LogP contribution in [0, 0.1) is 0 Å². The molecule has 3 aromatic rings. The first-order valence-corrected chi connectivity index (χ1v) is 11.3. The van der Waals surface area contributed by atoms with Crippen molar-refractivity contribution >= 4 is 35.0 Å². The van der Waals surface area contributed by atoms with Crippen molar-refractivity contribution in [2.24, 2.45) is 0 Å². The Labute approximate surface area is 200 Å². The van der Waals surface area contributed by atoms with Crippen molar-refractivity contribution in [1.82, 2.24) is 20.2 Å². The quantitative estimate of drug-likeness (QED) is 0.521. The molecule has 33 heavy (non-hydrogen) atoms. The summed E-state index contributed by atoms with van der Waals surface area (Å²) in [5.41, 5.74) is 2.28. The summed E-state index contributed by atoms with van der Waals surface area (Å²) in [6, 6.07) is 14.2. The van der Waals surface area contributed by atoms with Crippen LogP contribution < -0.4 is 5.32 Å². The van der Waals surface area contributed by atoms with Crippen LogP contribution in [0.4, 0.5) is 0 Å². The number of carbonyl (C=O) groups is 2. The van der Waals surface area contributed by atoms with Crippen LogP contribution in [0.3, 0.4) is 0 Å². The molecule has 7 nitrogen and oxygen atoms in total. The number of nitrogens with one attached hydrogen (secondary N) is 1. The minimum atomic E-state index is -0.942. The second-order valence-corrected chi connectivity index (χ2v) is 9.13. The van der Waals surface area contributed by atoms with Gasteiger partial charge in [-0.3, -0.25) is 9.59 Å². The lowest BCUT2D eigenvalue weighted by molar-refractivity contribution is -0.123. The lowest BCUT2D eigenvalue weighted by Crippen LogP contribution is -2.43. The van der Waals surface area contributed by atoms with Crippen molar-refractivity contribution in [2.45, 2.75) is 31.0 Å². The normalized spacial score (nSPS) is 16.9. The molecular formula is C24H20Cl2N4O3. The Morgan fingerprint density at radius 3 is 2.67 bits per heavy atom. The predicted molar refractivity (Wildman–Crippen MR) is 124 cm³/mol. The zero-order valence-electron chi connectivity index (χ0n) is 17.5. The van der Waals surface area contributed by atoms with Crippen molar-refractivity contribution in [3.05, 3.63) is 81.7 Å². The van der Waals surface area contributed by atoms with Gasteiger partial charge in [0.25, 0.3) is 5.91 Å². The van der Waals surface area contributed by atoms with Gasteiger partial charge in [-0.25, -0.2) is 9.97 Å². The first-order chi connectivity index (χ1) is 15.8. The monoisotopic (exact) mass is 482 g/mol. The standard InChI is InChI=1S/C24H20Cl2N4O3/c25-18-11-27-23(26)29-20(18)15-6-7-16-12-30(22(32)17(16)10-15)13-19(31)28-21(24(33)8-9-24)14-4-2-1-3-5-14/h1-7,10-11,21,33H,8-9,12-13H2,(H,28,31). The predicted octanol–water partition coefficient (Wildman–Crippen LogP) is 3.79. The van der Waals surface area contributed by atoms with Crippen LogP contribution in [0.2, 0.25) is 10.3 Å². The minimum Gasteiger partial charge on any atom is -0.387 e. The zero-order chi connectivity index (χ0) is 23.2. The molecule has 1 aromatic heterocycles. The maximum absolute atomic E-state index is 13.0. The van der Waals surface area contributed by atoms with Gasteiger partial charge >= 0.3 is 0 Å². The molecule has 1 atom stereocenters. The van der Waals surface area contributed by atoms with E-state index < -0.39 is 11.6 Å². The average Bonchev–Trinajstić information content (AvgIpc) is 3.49. The summed E-state index contributed by atoms with van der Waals surface area (Å²) >= 11 is 12.1. The van der Waals surface area contributed by atoms with Crippen molar-refractivity contribution in [3.8, 4) is 11.3 Å². The van der Waals surface area contributed by atoms with E-state index in [1.807, 2.05) is 42.5 Å². The second kappa shape index (κ2) is 8.41. The third kappa shape index (κ3) is 4.31. The number of aliphatic hydroxyl groups is 1. The highest BCUT2D eigenvalue weighted by molar-refractivity contribution is 6.33. The van der Waals surface area contributed by atoms with Gasteiger partial charge in [0.15, 0.2) is 0 Å². The van der Waals surface area contributed by atoms with Crippen LogP contribution in [0.5, 0.6) is 0 Å². The third-order valence-corrected chi connectivity index (χ3v) is 6.51. The first-order valence-electron chi connectivity index (χ1n) is 10.5. The minimum absolute atomic E-state index is 0.0600. The van der Waals surface area contributed by atoms with Crippen LogP contribution in [0.25, 0.3) is 11.3 Å². The maximum Gasteiger partial charge on any atom is 0.254 e. The molecule has 2 N–H and O–H groups in total. The molecule has 1 saturated carbocycles. The zero-order valence-corrected chi connectivity index (χ0v) is 19.0. The molecule has 2 aromatic carbocycles. The molecule has 2 heterocycles. The Balaban J connectivity index is 1.32. The highest BCUT2D eigenvalue weighted by atomic mass is 35.5. The summed E-state index contributed by atoms with van der Waals surface area (Å²) in [5.74, 6) is -0.573. The molecule has 0 saturated heterocycles. The van der Waals surface area contributed by atoms with E-state index in [1.54, 1.807) is 6.07 Å². The van der Waals surface area contributed by atoms with Gasteiger partial charge in [-0.1, -0.05) is 54.1 Å². The van der Waals surface area contributed by atoms with Gasteiger partial charge in [-0.2, -0.15) is 0 Å². The summed E-state index contributed by atoms with van der Waals surface area (Å²) in [7, 11) is 0. The summed E-state index contributed by atoms with van der Waals surface area (Å²) in [6.07, 6.45) is 2.66. The van der Waals surface area contributed by atoms with Crippen LogP contribution in [-0.4, -0.2) is 43.9 Å². The smallest absolute Gasteiger partial charge is 0.254 e. The van der Waals surface area contributed by atoms with E-state index in [0.717, 1.165) is 11.1 Å². The van der Waals surface area contributed by atoms with Crippen LogP contribution in [-0.2, 0) is 11.3 Å². The van der Waals surface area contributed by atoms with E-state index in [1.165, 1.54) is 11.1 Å². The van der Waals surface area contributed by atoms with Gasteiger partial charge < -0.3 is 15.3 Å². The van der Waals surface area contributed by atoms with Gasteiger partial charge in [0.2, 0.25) is 11.2 Å². The molecule has 2 aliphatic rings. The largest absolute Gasteiger partial charge is 0.387 e.